The largest absolute Gasteiger partial charge is 0.374 e. The highest BCUT2D eigenvalue weighted by atomic mass is 32.1. The molecule has 1 aromatic heterocycles. The molecule has 0 aliphatic carbocycles. The molecule has 0 saturated heterocycles. The van der Waals surface area contributed by atoms with Crippen molar-refractivity contribution >= 4 is 29.2 Å². The Morgan fingerprint density at radius 1 is 0.967 bits per heavy atom. The fourth-order valence-corrected chi connectivity index (χ4v) is 3.12. The minimum absolute atomic E-state index is 0.122. The maximum atomic E-state index is 13.4. The van der Waals surface area contributed by atoms with Gasteiger partial charge in [-0.15, -0.1) is 0 Å². The van der Waals surface area contributed by atoms with Crippen LogP contribution in [0.25, 0.3) is 16.9 Å². The average molecular weight is 415 g/mol. The number of thiocarbonyl (C=S) groups is 1. The summed E-state index contributed by atoms with van der Waals surface area (Å²) in [6, 6.07) is 25.3. The number of hydrogen-bond acceptors (Lipinski definition) is 3. The molecule has 0 aliphatic rings. The number of nitrogens with zero attached hydrogens (tertiary/aromatic N) is 4. The summed E-state index contributed by atoms with van der Waals surface area (Å²) in [5.74, 6) is -0.305. The van der Waals surface area contributed by atoms with Crippen molar-refractivity contribution in [1.29, 1.82) is 0 Å². The molecule has 30 heavy (non-hydrogen) atoms. The van der Waals surface area contributed by atoms with Gasteiger partial charge in [-0.2, -0.15) is 10.2 Å². The Morgan fingerprint density at radius 2 is 1.60 bits per heavy atom. The van der Waals surface area contributed by atoms with Gasteiger partial charge < -0.3 is 5.73 Å². The van der Waals surface area contributed by atoms with Crippen molar-refractivity contribution in [3.63, 3.8) is 0 Å². The van der Waals surface area contributed by atoms with E-state index in [-0.39, 0.29) is 10.9 Å². The van der Waals surface area contributed by atoms with E-state index >= 15 is 0 Å². The van der Waals surface area contributed by atoms with Crippen molar-refractivity contribution in [1.82, 2.24) is 9.78 Å². The molecule has 4 aromatic rings. The molecule has 0 aliphatic heterocycles. The van der Waals surface area contributed by atoms with Crippen LogP contribution in [0.5, 0.6) is 0 Å². The number of nitrogens with two attached hydrogens (primary N) is 1. The van der Waals surface area contributed by atoms with Crippen molar-refractivity contribution in [3.05, 3.63) is 103 Å². The van der Waals surface area contributed by atoms with Gasteiger partial charge in [-0.1, -0.05) is 36.4 Å². The van der Waals surface area contributed by atoms with Gasteiger partial charge >= 0.3 is 0 Å². The maximum Gasteiger partial charge on any atom is 0.191 e. The number of hydrazone groups is 1. The lowest BCUT2D eigenvalue weighted by Crippen LogP contribution is -2.30. The molecule has 0 amide bonds. The van der Waals surface area contributed by atoms with Crippen LogP contribution < -0.4 is 10.7 Å². The Hall–Kier alpha value is -3.84. The zero-order chi connectivity index (χ0) is 20.9. The van der Waals surface area contributed by atoms with Gasteiger partial charge in [0.2, 0.25) is 0 Å². The molecule has 3 aromatic carbocycles. The predicted octanol–water partition coefficient (Wildman–Crippen LogP) is 4.76. The highest BCUT2D eigenvalue weighted by Crippen LogP contribution is 2.23. The third kappa shape index (κ3) is 4.26. The standard InChI is InChI=1S/C23H18FN5S/c24-19-13-11-17(12-14-19)22-18(16-28(27-22)20-7-3-1-4-8-20)15-26-29(23(25)30)21-9-5-2-6-10-21/h1-16H,(H2,25,30)/b26-15+. The maximum absolute atomic E-state index is 13.4. The summed E-state index contributed by atoms with van der Waals surface area (Å²) in [4.78, 5) is 0. The molecule has 0 atom stereocenters. The topological polar surface area (TPSA) is 59.4 Å². The number of aromatic nitrogens is 2. The molecule has 7 heteroatoms. The van der Waals surface area contributed by atoms with Crippen molar-refractivity contribution in [2.24, 2.45) is 10.8 Å². The molecule has 0 unspecified atom stereocenters. The van der Waals surface area contributed by atoms with Gasteiger partial charge in [-0.25, -0.2) is 14.1 Å². The van der Waals surface area contributed by atoms with Crippen molar-refractivity contribution in [2.45, 2.75) is 0 Å². The summed E-state index contributed by atoms with van der Waals surface area (Å²) in [7, 11) is 0. The number of benzene rings is 3. The van der Waals surface area contributed by atoms with E-state index in [9.17, 15) is 4.39 Å². The van der Waals surface area contributed by atoms with Gasteiger partial charge in [0, 0.05) is 17.3 Å². The third-order valence-corrected chi connectivity index (χ3v) is 4.58. The van der Waals surface area contributed by atoms with Gasteiger partial charge in [0.25, 0.3) is 0 Å². The highest BCUT2D eigenvalue weighted by Gasteiger charge is 2.13. The first kappa shape index (κ1) is 19.5. The van der Waals surface area contributed by atoms with E-state index in [0.29, 0.717) is 5.69 Å². The summed E-state index contributed by atoms with van der Waals surface area (Å²) in [5.41, 5.74) is 9.70. The Labute approximate surface area is 178 Å². The summed E-state index contributed by atoms with van der Waals surface area (Å²) in [5, 5.41) is 10.8. The third-order valence-electron chi connectivity index (χ3n) is 4.40. The first-order valence-corrected chi connectivity index (χ1v) is 9.62. The quantitative estimate of drug-likeness (QED) is 0.290. The number of anilines is 1. The van der Waals surface area contributed by atoms with E-state index in [0.717, 1.165) is 22.5 Å². The molecular formula is C23H18FN5S. The van der Waals surface area contributed by atoms with Crippen LogP contribution in [-0.4, -0.2) is 21.1 Å². The molecule has 5 nitrogen and oxygen atoms in total. The average Bonchev–Trinajstić information content (AvgIpc) is 3.20. The van der Waals surface area contributed by atoms with Crippen LogP contribution in [0.15, 0.2) is 96.2 Å². The molecule has 0 spiro atoms. The second kappa shape index (κ2) is 8.67. The van der Waals surface area contributed by atoms with Crippen molar-refractivity contribution < 1.29 is 4.39 Å². The summed E-state index contributed by atoms with van der Waals surface area (Å²) < 4.78 is 15.2. The van der Waals surface area contributed by atoms with E-state index in [4.69, 9.17) is 23.1 Å². The molecule has 0 saturated carbocycles. The van der Waals surface area contributed by atoms with Gasteiger partial charge in [-0.05, 0) is 60.7 Å². The van der Waals surface area contributed by atoms with Gasteiger partial charge in [-0.3, -0.25) is 0 Å². The molecule has 0 fully saturated rings. The Kier molecular flexibility index (Phi) is 5.63. The zero-order valence-corrected chi connectivity index (χ0v) is 16.7. The van der Waals surface area contributed by atoms with Crippen LogP contribution in [0.1, 0.15) is 5.56 Å². The monoisotopic (exact) mass is 415 g/mol. The molecule has 0 bridgehead atoms. The summed E-state index contributed by atoms with van der Waals surface area (Å²) in [6.45, 7) is 0. The first-order chi connectivity index (χ1) is 14.6. The predicted molar refractivity (Wildman–Crippen MR) is 122 cm³/mol. The summed E-state index contributed by atoms with van der Waals surface area (Å²) >= 11 is 5.16. The van der Waals surface area contributed by atoms with Crippen LogP contribution in [0.2, 0.25) is 0 Å². The van der Waals surface area contributed by atoms with Crippen molar-refractivity contribution in [3.8, 4) is 16.9 Å². The van der Waals surface area contributed by atoms with Gasteiger partial charge in [0.05, 0.1) is 17.6 Å². The van der Waals surface area contributed by atoms with Crippen LogP contribution in [0.3, 0.4) is 0 Å². The van der Waals surface area contributed by atoms with E-state index in [1.165, 1.54) is 17.1 Å². The van der Waals surface area contributed by atoms with Gasteiger partial charge in [0.1, 0.15) is 11.5 Å². The fraction of sp³-hybridized carbons (Fsp3) is 0. The van der Waals surface area contributed by atoms with Gasteiger partial charge in [0.15, 0.2) is 5.11 Å². The second-order valence-electron chi connectivity index (χ2n) is 6.45. The molecular weight excluding hydrogens is 397 g/mol. The smallest absolute Gasteiger partial charge is 0.191 e. The fourth-order valence-electron chi connectivity index (χ4n) is 2.97. The second-order valence-corrected chi connectivity index (χ2v) is 6.87. The minimum atomic E-state index is -0.305. The number of rotatable bonds is 5. The zero-order valence-electron chi connectivity index (χ0n) is 15.9. The molecule has 1 heterocycles. The van der Waals surface area contributed by atoms with Crippen LogP contribution in [0.4, 0.5) is 10.1 Å². The number of hydrogen-bond donors (Lipinski definition) is 1. The van der Waals surface area contributed by atoms with E-state index in [2.05, 4.69) is 5.10 Å². The Morgan fingerprint density at radius 3 is 2.23 bits per heavy atom. The van der Waals surface area contributed by atoms with E-state index in [1.54, 1.807) is 23.0 Å². The normalized spacial score (nSPS) is 11.0. The highest BCUT2D eigenvalue weighted by molar-refractivity contribution is 7.80. The minimum Gasteiger partial charge on any atom is -0.374 e. The molecule has 2 N–H and O–H groups in total. The van der Waals surface area contributed by atoms with E-state index < -0.39 is 0 Å². The molecule has 4 rings (SSSR count). The van der Waals surface area contributed by atoms with Crippen molar-refractivity contribution in [2.75, 3.05) is 5.01 Å². The van der Waals surface area contributed by atoms with E-state index in [1.807, 2.05) is 66.9 Å². The summed E-state index contributed by atoms with van der Waals surface area (Å²) in [6.07, 6.45) is 3.51. The van der Waals surface area contributed by atoms with Crippen LogP contribution in [0, 0.1) is 5.82 Å². The lowest BCUT2D eigenvalue weighted by molar-refractivity contribution is 0.628. The van der Waals surface area contributed by atoms with Crippen LogP contribution in [-0.2, 0) is 0 Å². The SMILES string of the molecule is NC(=S)N(/N=C/c1cn(-c2ccccc2)nc1-c1ccc(F)cc1)c1ccccc1. The van der Waals surface area contributed by atoms with Crippen LogP contribution >= 0.6 is 12.2 Å². The Balaban J connectivity index is 1.77. The lowest BCUT2D eigenvalue weighted by atomic mass is 10.1. The number of para-hydroxylation sites is 2. The lowest BCUT2D eigenvalue weighted by Gasteiger charge is -2.16. The number of halogens is 1. The molecule has 0 radical (unpaired) electrons. The Bertz CT molecular complexity index is 1170. The molecule has 148 valence electrons. The first-order valence-electron chi connectivity index (χ1n) is 9.21.